The fourth-order valence-electron chi connectivity index (χ4n) is 2.57. The van der Waals surface area contributed by atoms with Crippen molar-refractivity contribution in [2.45, 2.75) is 10.8 Å². The average molecular weight is 419 g/mol. The number of methoxy groups -OCH3 is 1. The molecular weight excluding hydrogens is 402 g/mol. The van der Waals surface area contributed by atoms with E-state index >= 15 is 0 Å². The Balaban J connectivity index is 1.97. The number of nitrogens with two attached hydrogens (primary N) is 1. The highest BCUT2D eigenvalue weighted by atomic mass is 32.2. The lowest BCUT2D eigenvalue weighted by Crippen LogP contribution is -2.06. The number of hydrogen-bond donors (Lipinski definition) is 1. The molecule has 3 aromatic heterocycles. The highest BCUT2D eigenvalue weighted by Gasteiger charge is 2.21. The van der Waals surface area contributed by atoms with Crippen LogP contribution in [0, 0.1) is 22.7 Å². The normalized spacial score (nSPS) is 10.2. The van der Waals surface area contributed by atoms with Gasteiger partial charge in [0.2, 0.25) is 0 Å². The van der Waals surface area contributed by atoms with Crippen LogP contribution in [0.4, 0.5) is 5.82 Å². The summed E-state index contributed by atoms with van der Waals surface area (Å²) in [7, 11) is 1.59. The van der Waals surface area contributed by atoms with Crippen molar-refractivity contribution in [3.05, 3.63) is 53.5 Å². The Labute approximate surface area is 177 Å². The van der Waals surface area contributed by atoms with Crippen molar-refractivity contribution in [3.63, 3.8) is 0 Å². The molecule has 0 radical (unpaired) electrons. The predicted octanol–water partition coefficient (Wildman–Crippen LogP) is 2.58. The molecule has 10 heteroatoms. The number of nitriles is 2. The van der Waals surface area contributed by atoms with Gasteiger partial charge in [-0.1, -0.05) is 11.8 Å². The van der Waals surface area contributed by atoms with E-state index in [0.717, 1.165) is 5.69 Å². The molecule has 0 fully saturated rings. The molecule has 0 atom stereocenters. The van der Waals surface area contributed by atoms with Gasteiger partial charge >= 0.3 is 0 Å². The van der Waals surface area contributed by atoms with E-state index in [2.05, 4.69) is 26.2 Å². The number of hydrogen-bond acceptors (Lipinski definition) is 10. The fourth-order valence-corrected chi connectivity index (χ4v) is 3.46. The zero-order valence-electron chi connectivity index (χ0n) is 16.1. The van der Waals surface area contributed by atoms with Crippen LogP contribution in [0.5, 0.6) is 5.75 Å². The SMILES string of the molecule is COCCOc1ccc(-c2c(C#N)c(N)nc(SCc3cccnn3)c2C#N)nc1. The zero-order chi connectivity index (χ0) is 21.3. The molecule has 3 aromatic rings. The predicted molar refractivity (Wildman–Crippen MR) is 110 cm³/mol. The molecule has 3 heterocycles. The summed E-state index contributed by atoms with van der Waals surface area (Å²) in [6.45, 7) is 0.835. The molecular formula is C20H17N7O2S. The van der Waals surface area contributed by atoms with Crippen molar-refractivity contribution < 1.29 is 9.47 Å². The maximum Gasteiger partial charge on any atom is 0.143 e. The molecule has 0 unspecified atom stereocenters. The molecule has 0 saturated carbocycles. The largest absolute Gasteiger partial charge is 0.490 e. The van der Waals surface area contributed by atoms with Crippen molar-refractivity contribution in [3.8, 4) is 29.1 Å². The minimum atomic E-state index is 0.0374. The quantitative estimate of drug-likeness (QED) is 0.427. The second-order valence-corrected chi connectivity index (χ2v) is 6.84. The van der Waals surface area contributed by atoms with E-state index in [4.69, 9.17) is 15.2 Å². The fraction of sp³-hybridized carbons (Fsp3) is 0.200. The third-order valence-electron chi connectivity index (χ3n) is 3.95. The van der Waals surface area contributed by atoms with Gasteiger partial charge < -0.3 is 15.2 Å². The Bertz CT molecular complexity index is 1090. The van der Waals surface area contributed by atoms with Gasteiger partial charge in [0.25, 0.3) is 0 Å². The monoisotopic (exact) mass is 419 g/mol. The van der Waals surface area contributed by atoms with E-state index in [9.17, 15) is 10.5 Å². The Morgan fingerprint density at radius 2 is 1.97 bits per heavy atom. The topological polar surface area (TPSA) is 144 Å². The highest BCUT2D eigenvalue weighted by molar-refractivity contribution is 7.98. The summed E-state index contributed by atoms with van der Waals surface area (Å²) in [5, 5.41) is 27.7. The Morgan fingerprint density at radius 1 is 1.13 bits per heavy atom. The van der Waals surface area contributed by atoms with Crippen LogP contribution in [0.25, 0.3) is 11.3 Å². The van der Waals surface area contributed by atoms with Crippen molar-refractivity contribution in [1.82, 2.24) is 20.2 Å². The third-order valence-corrected chi connectivity index (χ3v) is 4.96. The van der Waals surface area contributed by atoms with E-state index in [-0.39, 0.29) is 16.9 Å². The molecule has 0 aliphatic carbocycles. The standard InChI is InChI=1S/C20H17N7O2S/c1-28-7-8-29-14-4-5-17(24-11-14)18-15(9-21)19(23)26-20(16(18)10-22)30-12-13-3-2-6-25-27-13/h2-6,11H,7-8,12H2,1H3,(H2,23,26). The molecule has 9 nitrogen and oxygen atoms in total. The number of thioether (sulfide) groups is 1. The number of anilines is 1. The molecule has 0 spiro atoms. The lowest BCUT2D eigenvalue weighted by molar-refractivity contribution is 0.146. The molecule has 0 saturated heterocycles. The summed E-state index contributed by atoms with van der Waals surface area (Å²) in [6, 6.07) is 11.2. The lowest BCUT2D eigenvalue weighted by atomic mass is 10.0. The first-order valence-corrected chi connectivity index (χ1v) is 9.77. The van der Waals surface area contributed by atoms with Gasteiger partial charge in [0.05, 0.1) is 29.8 Å². The molecule has 0 amide bonds. The number of rotatable bonds is 8. The summed E-state index contributed by atoms with van der Waals surface area (Å²) in [5.74, 6) is 1.03. The lowest BCUT2D eigenvalue weighted by Gasteiger charge is -2.13. The van der Waals surface area contributed by atoms with Gasteiger partial charge in [-0.15, -0.1) is 0 Å². The molecule has 0 bridgehead atoms. The number of pyridine rings is 2. The van der Waals surface area contributed by atoms with Crippen molar-refractivity contribution >= 4 is 17.6 Å². The van der Waals surface area contributed by atoms with Gasteiger partial charge in [-0.2, -0.15) is 20.7 Å². The number of aromatic nitrogens is 4. The van der Waals surface area contributed by atoms with E-state index in [1.807, 2.05) is 12.1 Å². The third kappa shape index (κ3) is 4.81. The van der Waals surface area contributed by atoms with E-state index < -0.39 is 0 Å². The highest BCUT2D eigenvalue weighted by Crippen LogP contribution is 2.35. The number of nitrogens with zero attached hydrogens (tertiary/aromatic N) is 6. The molecule has 2 N–H and O–H groups in total. The van der Waals surface area contributed by atoms with Crippen molar-refractivity contribution in [2.24, 2.45) is 0 Å². The van der Waals surface area contributed by atoms with E-state index in [1.54, 1.807) is 31.5 Å². The minimum Gasteiger partial charge on any atom is -0.490 e. The van der Waals surface area contributed by atoms with Crippen molar-refractivity contribution in [2.75, 3.05) is 26.1 Å². The first kappa shape index (κ1) is 21.0. The van der Waals surface area contributed by atoms with Crippen LogP contribution in [0.15, 0.2) is 41.7 Å². The molecule has 150 valence electrons. The molecule has 0 aliphatic heterocycles. The Kier molecular flexibility index (Phi) is 7.11. The summed E-state index contributed by atoms with van der Waals surface area (Å²) in [4.78, 5) is 8.63. The van der Waals surface area contributed by atoms with Crippen LogP contribution in [-0.2, 0) is 10.5 Å². The van der Waals surface area contributed by atoms with Gasteiger partial charge in [0.1, 0.15) is 40.9 Å². The average Bonchev–Trinajstić information content (AvgIpc) is 2.78. The molecule has 3 rings (SSSR count). The summed E-state index contributed by atoms with van der Waals surface area (Å²) < 4.78 is 10.5. The van der Waals surface area contributed by atoms with Crippen molar-refractivity contribution in [1.29, 1.82) is 10.5 Å². The van der Waals surface area contributed by atoms with E-state index in [1.165, 1.54) is 18.0 Å². The number of nitrogen functional groups attached to an aromatic ring is 1. The molecule has 0 aromatic carbocycles. The number of ether oxygens (including phenoxy) is 2. The van der Waals surface area contributed by atoms with Gasteiger partial charge in [-0.25, -0.2) is 4.98 Å². The van der Waals surface area contributed by atoms with Crippen LogP contribution >= 0.6 is 11.8 Å². The molecule has 30 heavy (non-hydrogen) atoms. The smallest absolute Gasteiger partial charge is 0.143 e. The summed E-state index contributed by atoms with van der Waals surface area (Å²) in [6.07, 6.45) is 3.11. The summed E-state index contributed by atoms with van der Waals surface area (Å²) in [5.41, 5.74) is 7.87. The van der Waals surface area contributed by atoms with Crippen LogP contribution in [-0.4, -0.2) is 40.5 Å². The maximum absolute atomic E-state index is 9.82. The van der Waals surface area contributed by atoms with Gasteiger partial charge in [-0.05, 0) is 24.3 Å². The second-order valence-electron chi connectivity index (χ2n) is 5.87. The van der Waals surface area contributed by atoms with Gasteiger partial charge in [-0.3, -0.25) is 4.98 Å². The minimum absolute atomic E-state index is 0.0374. The Hall–Kier alpha value is -3.73. The zero-order valence-corrected chi connectivity index (χ0v) is 16.9. The Morgan fingerprint density at radius 3 is 2.60 bits per heavy atom. The van der Waals surface area contributed by atoms with Crippen LogP contribution in [0.2, 0.25) is 0 Å². The second kappa shape index (κ2) is 10.2. The van der Waals surface area contributed by atoms with E-state index in [0.29, 0.717) is 41.0 Å². The van der Waals surface area contributed by atoms with Crippen LogP contribution in [0.3, 0.4) is 0 Å². The van der Waals surface area contributed by atoms with Gasteiger partial charge in [0, 0.05) is 24.6 Å². The summed E-state index contributed by atoms with van der Waals surface area (Å²) >= 11 is 1.29. The van der Waals surface area contributed by atoms with Gasteiger partial charge in [0.15, 0.2) is 0 Å². The first-order chi connectivity index (χ1) is 14.7. The van der Waals surface area contributed by atoms with Crippen LogP contribution < -0.4 is 10.5 Å². The van der Waals surface area contributed by atoms with Crippen LogP contribution in [0.1, 0.15) is 16.8 Å². The maximum atomic E-state index is 9.82. The first-order valence-electron chi connectivity index (χ1n) is 8.79. The molecule has 0 aliphatic rings.